The molecule has 0 bridgehead atoms. The van der Waals surface area contributed by atoms with Crippen molar-refractivity contribution in [2.75, 3.05) is 0 Å². The summed E-state index contributed by atoms with van der Waals surface area (Å²) in [4.78, 5) is 0. The van der Waals surface area contributed by atoms with Crippen LogP contribution in [0.3, 0.4) is 0 Å². The molecule has 0 aliphatic carbocycles. The molecule has 2 aromatic heterocycles. The Balaban J connectivity index is 1.17. The fourth-order valence-corrected chi connectivity index (χ4v) is 10.9. The first kappa shape index (κ1) is 36.0. The van der Waals surface area contributed by atoms with Crippen molar-refractivity contribution in [2.45, 2.75) is 0 Å². The number of benzene rings is 11. The van der Waals surface area contributed by atoms with E-state index in [4.69, 9.17) is 0 Å². The van der Waals surface area contributed by atoms with Gasteiger partial charge in [-0.3, -0.25) is 0 Å². The van der Waals surface area contributed by atoms with Crippen molar-refractivity contribution >= 4 is 91.9 Å². The summed E-state index contributed by atoms with van der Waals surface area (Å²) in [5.41, 5.74) is 14.2. The molecule has 0 aliphatic rings. The van der Waals surface area contributed by atoms with Gasteiger partial charge >= 0.3 is 0 Å². The zero-order valence-corrected chi connectivity index (χ0v) is 35.7. The first-order chi connectivity index (χ1) is 31.2. The Morgan fingerprint density at radius 2 is 0.603 bits per heavy atom. The minimum Gasteiger partial charge on any atom is -0.309 e. The van der Waals surface area contributed by atoms with E-state index in [1.165, 1.54) is 109 Å². The Morgan fingerprint density at radius 1 is 0.254 bits per heavy atom. The van der Waals surface area contributed by atoms with Crippen molar-refractivity contribution in [3.63, 3.8) is 0 Å². The van der Waals surface area contributed by atoms with Crippen molar-refractivity contribution in [1.29, 1.82) is 0 Å². The maximum Gasteiger partial charge on any atom is 0.0553 e. The number of para-hydroxylation sites is 4. The van der Waals surface area contributed by atoms with Crippen molar-refractivity contribution in [3.8, 4) is 44.8 Å². The summed E-state index contributed by atoms with van der Waals surface area (Å²) < 4.78 is 5.98. The first-order valence-corrected chi connectivity index (χ1v) is 22.3. The summed E-state index contributed by atoms with van der Waals surface area (Å²) in [6.45, 7) is 0. The molecule has 0 unspecified atom stereocenters. The second-order valence-electron chi connectivity index (χ2n) is 16.5. The fraction of sp³-hybridized carbons (Fsp3) is 0. The van der Waals surface area contributed by atoms with Crippen LogP contribution in [-0.4, -0.2) is 9.13 Å². The highest BCUT2D eigenvalue weighted by atomic mass is 79.9. The highest BCUT2D eigenvalue weighted by Crippen LogP contribution is 2.47. The lowest BCUT2D eigenvalue weighted by atomic mass is 9.87. The van der Waals surface area contributed by atoms with Crippen molar-refractivity contribution < 1.29 is 0 Å². The first-order valence-electron chi connectivity index (χ1n) is 21.5. The quantitative estimate of drug-likeness (QED) is 0.163. The van der Waals surface area contributed by atoms with E-state index >= 15 is 0 Å². The van der Waals surface area contributed by atoms with Gasteiger partial charge in [0.2, 0.25) is 0 Å². The average molecular weight is 866 g/mol. The largest absolute Gasteiger partial charge is 0.309 e. The molecule has 294 valence electrons. The molecule has 11 aromatic carbocycles. The summed E-state index contributed by atoms with van der Waals surface area (Å²) in [5.74, 6) is 0. The van der Waals surface area contributed by atoms with Gasteiger partial charge in [-0.05, 0) is 138 Å². The number of rotatable bonds is 5. The minimum atomic E-state index is 1.09. The van der Waals surface area contributed by atoms with Crippen molar-refractivity contribution in [2.24, 2.45) is 0 Å². The van der Waals surface area contributed by atoms with Gasteiger partial charge in [0.15, 0.2) is 0 Å². The molecule has 2 heterocycles. The van der Waals surface area contributed by atoms with E-state index in [1.807, 2.05) is 0 Å². The Labute approximate surface area is 372 Å². The van der Waals surface area contributed by atoms with Gasteiger partial charge in [-0.2, -0.15) is 0 Å². The van der Waals surface area contributed by atoms with Gasteiger partial charge in [-0.15, -0.1) is 0 Å². The Bertz CT molecular complexity index is 3750. The van der Waals surface area contributed by atoms with Gasteiger partial charge in [-0.25, -0.2) is 0 Å². The lowest BCUT2D eigenvalue weighted by molar-refractivity contribution is 1.18. The van der Waals surface area contributed by atoms with Gasteiger partial charge in [0.05, 0.1) is 22.1 Å². The number of halogens is 1. The third-order valence-corrected chi connectivity index (χ3v) is 13.8. The number of hydrogen-bond donors (Lipinski definition) is 0. The lowest BCUT2D eigenvalue weighted by Crippen LogP contribution is -1.95. The van der Waals surface area contributed by atoms with Gasteiger partial charge in [0, 0.05) is 37.4 Å². The molecular formula is C60H37BrN2. The lowest BCUT2D eigenvalue weighted by Gasteiger charge is -2.17. The smallest absolute Gasteiger partial charge is 0.0553 e. The van der Waals surface area contributed by atoms with Crippen LogP contribution < -0.4 is 0 Å². The molecule has 0 fully saturated rings. The topological polar surface area (TPSA) is 9.86 Å². The van der Waals surface area contributed by atoms with Crippen LogP contribution in [0.1, 0.15) is 0 Å². The van der Waals surface area contributed by atoms with Gasteiger partial charge in [-0.1, -0.05) is 168 Å². The molecular weight excluding hydrogens is 829 g/mol. The number of fused-ring (bicyclic) bond motifs is 11. The third-order valence-electron chi connectivity index (χ3n) is 13.1. The molecule has 0 N–H and O–H groups in total. The summed E-state index contributed by atoms with van der Waals surface area (Å²) in [5, 5.41) is 12.4. The van der Waals surface area contributed by atoms with Crippen LogP contribution in [0.15, 0.2) is 229 Å². The molecule has 0 atom stereocenters. The van der Waals surface area contributed by atoms with Gasteiger partial charge in [0.1, 0.15) is 0 Å². The number of aromatic nitrogens is 2. The maximum atomic E-state index is 3.88. The normalized spacial score (nSPS) is 11.9. The molecule has 13 rings (SSSR count). The SMILES string of the molecule is Brc1ccc(-c2cc(-c3cc4c(c5ccccc35)c3ccccc3n4-c3ccccc3)cc(-c3cc4c(c5ccccc35)c3ccccc3n4-c3ccccc3)c2)c2ccccc12. The average Bonchev–Trinajstić information content (AvgIpc) is 3.87. The van der Waals surface area contributed by atoms with Crippen molar-refractivity contribution in [3.05, 3.63) is 229 Å². The summed E-state index contributed by atoms with van der Waals surface area (Å²) in [7, 11) is 0. The maximum absolute atomic E-state index is 3.88. The van der Waals surface area contributed by atoms with E-state index in [-0.39, 0.29) is 0 Å². The Kier molecular flexibility index (Phi) is 8.09. The molecule has 63 heavy (non-hydrogen) atoms. The van der Waals surface area contributed by atoms with Crippen LogP contribution in [-0.2, 0) is 0 Å². The summed E-state index contributed by atoms with van der Waals surface area (Å²) in [6, 6.07) is 82.6. The number of hydrogen-bond acceptors (Lipinski definition) is 0. The second kappa shape index (κ2) is 14.2. The van der Waals surface area contributed by atoms with Gasteiger partial charge < -0.3 is 9.13 Å². The zero-order chi connectivity index (χ0) is 41.6. The van der Waals surface area contributed by atoms with Crippen LogP contribution in [0, 0.1) is 0 Å². The van der Waals surface area contributed by atoms with Crippen LogP contribution in [0.2, 0.25) is 0 Å². The van der Waals surface area contributed by atoms with E-state index in [0.29, 0.717) is 0 Å². The monoisotopic (exact) mass is 864 g/mol. The molecule has 0 radical (unpaired) electrons. The van der Waals surface area contributed by atoms with E-state index in [9.17, 15) is 0 Å². The fourth-order valence-electron chi connectivity index (χ4n) is 10.5. The zero-order valence-electron chi connectivity index (χ0n) is 34.1. The second-order valence-corrected chi connectivity index (χ2v) is 17.4. The van der Waals surface area contributed by atoms with Crippen LogP contribution in [0.4, 0.5) is 0 Å². The summed E-state index contributed by atoms with van der Waals surface area (Å²) in [6.07, 6.45) is 0. The highest BCUT2D eigenvalue weighted by Gasteiger charge is 2.22. The van der Waals surface area contributed by atoms with Crippen molar-refractivity contribution in [1.82, 2.24) is 9.13 Å². The Morgan fingerprint density at radius 3 is 1.06 bits per heavy atom. The van der Waals surface area contributed by atoms with Crippen LogP contribution in [0.25, 0.3) is 121 Å². The number of nitrogens with zero attached hydrogens (tertiary/aromatic N) is 2. The molecule has 13 aromatic rings. The molecule has 0 spiro atoms. The summed E-state index contributed by atoms with van der Waals surface area (Å²) >= 11 is 3.88. The van der Waals surface area contributed by atoms with E-state index in [1.54, 1.807) is 0 Å². The van der Waals surface area contributed by atoms with E-state index < -0.39 is 0 Å². The van der Waals surface area contributed by atoms with Crippen LogP contribution >= 0.6 is 15.9 Å². The standard InChI is InChI=1S/C60H37BrN2/c61-54-32-31-43(44-21-7-10-24-47(44)54)38-33-39(52-36-57-59(48-25-11-8-22-45(48)52)50-27-13-15-29-55(50)62(57)41-17-3-1-4-18-41)35-40(34-38)53-37-58-60(49-26-12-9-23-46(49)53)51-28-14-16-30-56(51)63(58)42-19-5-2-6-20-42/h1-37H. The van der Waals surface area contributed by atoms with E-state index in [0.717, 1.165) is 15.8 Å². The molecule has 0 saturated heterocycles. The molecule has 2 nitrogen and oxygen atoms in total. The highest BCUT2D eigenvalue weighted by molar-refractivity contribution is 9.10. The predicted molar refractivity (Wildman–Crippen MR) is 272 cm³/mol. The third kappa shape index (κ3) is 5.50. The molecule has 3 heteroatoms. The predicted octanol–water partition coefficient (Wildman–Crippen LogP) is 17.1. The molecule has 0 saturated carbocycles. The van der Waals surface area contributed by atoms with Crippen LogP contribution in [0.5, 0.6) is 0 Å². The minimum absolute atomic E-state index is 1.09. The Hall–Kier alpha value is -7.72. The van der Waals surface area contributed by atoms with E-state index in [2.05, 4.69) is 250 Å². The van der Waals surface area contributed by atoms with Gasteiger partial charge in [0.25, 0.3) is 0 Å². The molecule has 0 amide bonds. The molecule has 0 aliphatic heterocycles.